The summed E-state index contributed by atoms with van der Waals surface area (Å²) in [7, 11) is 1.68. The Morgan fingerprint density at radius 2 is 1.87 bits per heavy atom. The van der Waals surface area contributed by atoms with Gasteiger partial charge < -0.3 is 19.5 Å². The quantitative estimate of drug-likeness (QED) is 0.611. The summed E-state index contributed by atoms with van der Waals surface area (Å²) in [5.74, 6) is 0. The van der Waals surface area contributed by atoms with Crippen LogP contribution in [-0.4, -0.2) is 52.7 Å². The van der Waals surface area contributed by atoms with Crippen LogP contribution in [0.1, 0.15) is 19.3 Å². The summed E-state index contributed by atoms with van der Waals surface area (Å²) in [6, 6.07) is 0. The van der Waals surface area contributed by atoms with E-state index in [9.17, 15) is 0 Å². The van der Waals surface area contributed by atoms with Crippen LogP contribution >= 0.6 is 0 Å². The lowest BCUT2D eigenvalue weighted by Gasteiger charge is -2.22. The lowest BCUT2D eigenvalue weighted by atomic mass is 10.1. The summed E-state index contributed by atoms with van der Waals surface area (Å²) in [5, 5.41) is 3.32. The van der Waals surface area contributed by atoms with Crippen LogP contribution < -0.4 is 5.32 Å². The van der Waals surface area contributed by atoms with Crippen LogP contribution in [0.15, 0.2) is 0 Å². The van der Waals surface area contributed by atoms with E-state index in [4.69, 9.17) is 14.2 Å². The fraction of sp³-hybridized carbons (Fsp3) is 1.00. The third-order valence-corrected chi connectivity index (χ3v) is 2.50. The minimum atomic E-state index is 0.463. The highest BCUT2D eigenvalue weighted by Gasteiger charge is 2.12. The predicted molar refractivity (Wildman–Crippen MR) is 59.2 cm³/mol. The zero-order valence-corrected chi connectivity index (χ0v) is 9.67. The molecule has 90 valence electrons. The smallest absolute Gasteiger partial charge is 0.0700 e. The van der Waals surface area contributed by atoms with Crippen LogP contribution in [0.3, 0.4) is 0 Å². The van der Waals surface area contributed by atoms with E-state index in [0.29, 0.717) is 19.3 Å². The molecule has 0 saturated carbocycles. The molecular formula is C11H23NO3. The summed E-state index contributed by atoms with van der Waals surface area (Å²) < 4.78 is 16.0. The number of methoxy groups -OCH3 is 1. The highest BCUT2D eigenvalue weighted by atomic mass is 16.5. The second-order valence-corrected chi connectivity index (χ2v) is 3.78. The Bertz CT molecular complexity index is 138. The standard InChI is InChI=1S/C11H23NO3/c1-13-9-10-14-7-2-8-15-11-3-5-12-6-4-11/h11-12H,2-10H2,1H3. The molecule has 4 heteroatoms. The van der Waals surface area contributed by atoms with E-state index in [1.165, 1.54) is 0 Å². The maximum absolute atomic E-state index is 5.74. The summed E-state index contributed by atoms with van der Waals surface area (Å²) in [4.78, 5) is 0. The first-order chi connectivity index (χ1) is 7.43. The maximum atomic E-state index is 5.74. The largest absolute Gasteiger partial charge is 0.382 e. The van der Waals surface area contributed by atoms with Gasteiger partial charge in [0, 0.05) is 20.3 Å². The molecule has 0 aromatic rings. The Balaban J connectivity index is 1.79. The third-order valence-electron chi connectivity index (χ3n) is 2.50. The Labute approximate surface area is 92.3 Å². The fourth-order valence-corrected chi connectivity index (χ4v) is 1.62. The van der Waals surface area contributed by atoms with Crippen LogP contribution in [0, 0.1) is 0 Å². The normalized spacial score (nSPS) is 18.2. The number of rotatable bonds is 8. The summed E-state index contributed by atoms with van der Waals surface area (Å²) in [6.45, 7) is 5.13. The lowest BCUT2D eigenvalue weighted by molar-refractivity contribution is 0.0115. The molecule has 0 aromatic carbocycles. The van der Waals surface area contributed by atoms with Gasteiger partial charge in [0.2, 0.25) is 0 Å². The summed E-state index contributed by atoms with van der Waals surface area (Å²) in [5.41, 5.74) is 0. The van der Waals surface area contributed by atoms with Crippen molar-refractivity contribution in [3.05, 3.63) is 0 Å². The minimum absolute atomic E-state index is 0.463. The van der Waals surface area contributed by atoms with Gasteiger partial charge in [-0.3, -0.25) is 0 Å². The van der Waals surface area contributed by atoms with Gasteiger partial charge in [0.25, 0.3) is 0 Å². The second kappa shape index (κ2) is 9.09. The molecule has 0 aromatic heterocycles. The Morgan fingerprint density at radius 1 is 1.07 bits per heavy atom. The lowest BCUT2D eigenvalue weighted by Crippen LogP contribution is -2.32. The van der Waals surface area contributed by atoms with Gasteiger partial charge in [-0.05, 0) is 32.4 Å². The van der Waals surface area contributed by atoms with Crippen LogP contribution in [-0.2, 0) is 14.2 Å². The molecule has 1 N–H and O–H groups in total. The van der Waals surface area contributed by atoms with Crippen molar-refractivity contribution in [3.63, 3.8) is 0 Å². The molecule has 1 heterocycles. The molecule has 0 unspecified atom stereocenters. The molecule has 0 amide bonds. The van der Waals surface area contributed by atoms with Crippen molar-refractivity contribution in [3.8, 4) is 0 Å². The van der Waals surface area contributed by atoms with E-state index >= 15 is 0 Å². The van der Waals surface area contributed by atoms with Crippen molar-refractivity contribution in [2.45, 2.75) is 25.4 Å². The first-order valence-electron chi connectivity index (χ1n) is 5.82. The van der Waals surface area contributed by atoms with Crippen LogP contribution in [0.25, 0.3) is 0 Å². The molecule has 0 aliphatic carbocycles. The molecule has 15 heavy (non-hydrogen) atoms. The number of nitrogens with one attached hydrogen (secondary N) is 1. The molecule has 1 saturated heterocycles. The zero-order chi connectivity index (χ0) is 10.8. The van der Waals surface area contributed by atoms with Crippen molar-refractivity contribution >= 4 is 0 Å². The SMILES string of the molecule is COCCOCCCOC1CCNCC1. The number of hydrogen-bond donors (Lipinski definition) is 1. The molecule has 4 nitrogen and oxygen atoms in total. The van der Waals surface area contributed by atoms with Crippen molar-refractivity contribution in [2.24, 2.45) is 0 Å². The van der Waals surface area contributed by atoms with E-state index in [-0.39, 0.29) is 0 Å². The van der Waals surface area contributed by atoms with Crippen molar-refractivity contribution in [1.29, 1.82) is 0 Å². The molecule has 0 radical (unpaired) electrons. The molecule has 0 spiro atoms. The topological polar surface area (TPSA) is 39.7 Å². The second-order valence-electron chi connectivity index (χ2n) is 3.78. The van der Waals surface area contributed by atoms with Crippen LogP contribution in [0.2, 0.25) is 0 Å². The van der Waals surface area contributed by atoms with Gasteiger partial charge >= 0.3 is 0 Å². The molecule has 1 aliphatic rings. The fourth-order valence-electron chi connectivity index (χ4n) is 1.62. The number of hydrogen-bond acceptors (Lipinski definition) is 4. The first-order valence-corrected chi connectivity index (χ1v) is 5.82. The van der Waals surface area contributed by atoms with Crippen molar-refractivity contribution in [1.82, 2.24) is 5.32 Å². The van der Waals surface area contributed by atoms with E-state index in [0.717, 1.165) is 45.6 Å². The maximum Gasteiger partial charge on any atom is 0.0700 e. The molecule has 1 fully saturated rings. The van der Waals surface area contributed by atoms with E-state index < -0.39 is 0 Å². The molecule has 0 atom stereocenters. The number of piperidine rings is 1. The van der Waals surface area contributed by atoms with Gasteiger partial charge in [0.1, 0.15) is 0 Å². The Hall–Kier alpha value is -0.160. The highest BCUT2D eigenvalue weighted by molar-refractivity contribution is 4.67. The van der Waals surface area contributed by atoms with Gasteiger partial charge in [-0.25, -0.2) is 0 Å². The van der Waals surface area contributed by atoms with Crippen LogP contribution in [0.5, 0.6) is 0 Å². The van der Waals surface area contributed by atoms with Crippen molar-refractivity contribution in [2.75, 3.05) is 46.6 Å². The van der Waals surface area contributed by atoms with E-state index in [1.807, 2.05) is 0 Å². The first kappa shape index (κ1) is 12.9. The average molecular weight is 217 g/mol. The van der Waals surface area contributed by atoms with E-state index in [2.05, 4.69) is 5.32 Å². The predicted octanol–water partition coefficient (Wildman–Crippen LogP) is 0.808. The molecular weight excluding hydrogens is 194 g/mol. The zero-order valence-electron chi connectivity index (χ0n) is 9.67. The molecule has 0 bridgehead atoms. The van der Waals surface area contributed by atoms with Gasteiger partial charge in [0.05, 0.1) is 19.3 Å². The van der Waals surface area contributed by atoms with Gasteiger partial charge in [0.15, 0.2) is 0 Å². The van der Waals surface area contributed by atoms with Crippen LogP contribution in [0.4, 0.5) is 0 Å². The van der Waals surface area contributed by atoms with Gasteiger partial charge in [-0.15, -0.1) is 0 Å². The Morgan fingerprint density at radius 3 is 2.60 bits per heavy atom. The average Bonchev–Trinajstić information content (AvgIpc) is 2.29. The summed E-state index contributed by atoms with van der Waals surface area (Å²) in [6.07, 6.45) is 3.73. The number of ether oxygens (including phenoxy) is 3. The minimum Gasteiger partial charge on any atom is -0.382 e. The van der Waals surface area contributed by atoms with Gasteiger partial charge in [-0.2, -0.15) is 0 Å². The van der Waals surface area contributed by atoms with Gasteiger partial charge in [-0.1, -0.05) is 0 Å². The van der Waals surface area contributed by atoms with E-state index in [1.54, 1.807) is 7.11 Å². The molecule has 1 aliphatic heterocycles. The molecule has 1 rings (SSSR count). The van der Waals surface area contributed by atoms with Crippen molar-refractivity contribution < 1.29 is 14.2 Å². The summed E-state index contributed by atoms with van der Waals surface area (Å²) >= 11 is 0. The third kappa shape index (κ3) is 6.84. The monoisotopic (exact) mass is 217 g/mol. The Kier molecular flexibility index (Phi) is 7.83. The highest BCUT2D eigenvalue weighted by Crippen LogP contribution is 2.07.